The molecule has 1 atom stereocenters. The number of halogens is 3. The average Bonchev–Trinajstić information content (AvgIpc) is 2.61. The van der Waals surface area contributed by atoms with E-state index in [1.165, 1.54) is 43.4 Å². The molecule has 0 radical (unpaired) electrons. The molecule has 0 rings (SSSR count). The lowest BCUT2D eigenvalue weighted by Gasteiger charge is -2.28. The lowest BCUT2D eigenvalue weighted by atomic mass is 10.1. The minimum absolute atomic E-state index is 0.222. The van der Waals surface area contributed by atoms with Gasteiger partial charge in [0, 0.05) is 13.1 Å². The zero-order chi connectivity index (χ0) is 20.5. The van der Waals surface area contributed by atoms with Crippen molar-refractivity contribution in [2.45, 2.75) is 100 Å². The van der Waals surface area contributed by atoms with Crippen LogP contribution in [0.5, 0.6) is 0 Å². The zero-order valence-corrected chi connectivity index (χ0v) is 19.2. The molecule has 0 aliphatic heterocycles. The van der Waals surface area contributed by atoms with Crippen molar-refractivity contribution in [2.75, 3.05) is 19.6 Å². The van der Waals surface area contributed by atoms with Gasteiger partial charge in [-0.2, -0.15) is 0 Å². The van der Waals surface area contributed by atoms with Gasteiger partial charge in [0.25, 0.3) is 9.70 Å². The van der Waals surface area contributed by atoms with Crippen molar-refractivity contribution in [3.63, 3.8) is 0 Å². The van der Waals surface area contributed by atoms with Gasteiger partial charge in [0.2, 0.25) is 0 Å². The highest BCUT2D eigenvalue weighted by atomic mass is 35.6. The van der Waals surface area contributed by atoms with Crippen molar-refractivity contribution < 1.29 is 9.90 Å². The molecular weight excluding hydrogens is 407 g/mol. The van der Waals surface area contributed by atoms with Gasteiger partial charge in [0.1, 0.15) is 0 Å². The molecule has 1 unspecified atom stereocenters. The van der Waals surface area contributed by atoms with Gasteiger partial charge in [-0.05, 0) is 25.8 Å². The molecule has 0 aliphatic rings. The van der Waals surface area contributed by atoms with Gasteiger partial charge in [-0.15, -0.1) is 0 Å². The Morgan fingerprint density at radius 1 is 0.926 bits per heavy atom. The predicted octanol–water partition coefficient (Wildman–Crippen LogP) is 5.60. The highest BCUT2D eigenvalue weighted by Crippen LogP contribution is 2.29. The normalized spacial score (nSPS) is 13.0. The topological polar surface area (TPSA) is 66.6 Å². The van der Waals surface area contributed by atoms with E-state index >= 15 is 0 Å². The third-order valence-electron chi connectivity index (χ3n) is 4.73. The van der Waals surface area contributed by atoms with Gasteiger partial charge in [-0.3, -0.25) is 4.79 Å². The molecule has 3 N–H and O–H groups in total. The Morgan fingerprint density at radius 2 is 1.44 bits per heavy atom. The summed E-state index contributed by atoms with van der Waals surface area (Å²) in [5.74, 6) is -0.554. The van der Waals surface area contributed by atoms with E-state index in [4.69, 9.17) is 40.5 Å². The van der Waals surface area contributed by atoms with Crippen LogP contribution in [0.2, 0.25) is 0 Å². The minimum atomic E-state index is -1.98. The van der Waals surface area contributed by atoms with Crippen molar-refractivity contribution in [3.8, 4) is 0 Å². The number of rotatable bonds is 17. The van der Waals surface area contributed by atoms with Gasteiger partial charge in [-0.25, -0.2) is 0 Å². The molecule has 0 aromatic carbocycles. The summed E-state index contributed by atoms with van der Waals surface area (Å²) in [5, 5.41) is 10.3. The molecule has 0 spiro atoms. The number of aliphatic hydroxyl groups excluding tert-OH is 1. The summed E-state index contributed by atoms with van der Waals surface area (Å²) in [4.78, 5) is 13.8. The monoisotopic (exact) mass is 444 g/mol. The molecule has 0 saturated carbocycles. The molecular formula is C20H39Cl3N2O2. The van der Waals surface area contributed by atoms with Crippen molar-refractivity contribution in [2.24, 2.45) is 5.73 Å². The molecule has 0 aromatic heterocycles. The Morgan fingerprint density at radius 3 is 2.00 bits per heavy atom. The molecule has 4 nitrogen and oxygen atoms in total. The maximum Gasteiger partial charge on any atom is 0.274 e. The number of alkyl halides is 3. The van der Waals surface area contributed by atoms with Crippen molar-refractivity contribution in [1.82, 2.24) is 4.90 Å². The summed E-state index contributed by atoms with van der Waals surface area (Å²) in [6.07, 6.45) is 13.6. The minimum Gasteiger partial charge on any atom is -0.391 e. The van der Waals surface area contributed by atoms with Gasteiger partial charge >= 0.3 is 0 Å². The summed E-state index contributed by atoms with van der Waals surface area (Å²) in [6, 6.07) is 0. The molecule has 0 fully saturated rings. The molecule has 0 aromatic rings. The fourth-order valence-corrected chi connectivity index (χ4v) is 3.47. The highest BCUT2D eigenvalue weighted by Gasteiger charge is 2.35. The van der Waals surface area contributed by atoms with Crippen LogP contribution in [0.25, 0.3) is 0 Å². The molecule has 0 saturated heterocycles. The number of nitrogens with zero attached hydrogens (tertiary/aromatic N) is 1. The van der Waals surface area contributed by atoms with Crippen LogP contribution < -0.4 is 5.73 Å². The van der Waals surface area contributed by atoms with E-state index in [0.717, 1.165) is 38.5 Å². The second-order valence-corrected chi connectivity index (χ2v) is 9.65. The van der Waals surface area contributed by atoms with E-state index in [9.17, 15) is 9.90 Å². The Kier molecular flexibility index (Phi) is 17.3. The molecule has 7 heteroatoms. The molecule has 0 aliphatic carbocycles. The van der Waals surface area contributed by atoms with Crippen LogP contribution in [0.15, 0.2) is 0 Å². The second-order valence-electron chi connectivity index (χ2n) is 7.37. The van der Waals surface area contributed by atoms with Gasteiger partial charge < -0.3 is 15.7 Å². The van der Waals surface area contributed by atoms with Crippen LogP contribution in [-0.4, -0.2) is 45.4 Å². The lowest BCUT2D eigenvalue weighted by Crippen LogP contribution is -2.44. The van der Waals surface area contributed by atoms with E-state index in [2.05, 4.69) is 6.92 Å². The molecule has 0 bridgehead atoms. The maximum atomic E-state index is 12.3. The van der Waals surface area contributed by atoms with Gasteiger partial charge in [0.15, 0.2) is 0 Å². The quantitative estimate of drug-likeness (QED) is 0.226. The first-order valence-electron chi connectivity index (χ1n) is 10.6. The summed E-state index contributed by atoms with van der Waals surface area (Å²) in [5.41, 5.74) is 5.49. The summed E-state index contributed by atoms with van der Waals surface area (Å²) in [6.45, 7) is 3.61. The fraction of sp³-hybridized carbons (Fsp3) is 0.950. The smallest absolute Gasteiger partial charge is 0.274 e. The Hall–Kier alpha value is 0.260. The van der Waals surface area contributed by atoms with Crippen LogP contribution in [0.3, 0.4) is 0 Å². The summed E-state index contributed by atoms with van der Waals surface area (Å²) < 4.78 is -1.98. The first-order valence-corrected chi connectivity index (χ1v) is 11.7. The number of carbonyl (C=O) groups is 1. The lowest BCUT2D eigenvalue weighted by molar-refractivity contribution is -0.131. The molecule has 0 heterocycles. The predicted molar refractivity (Wildman–Crippen MR) is 118 cm³/mol. The van der Waals surface area contributed by atoms with Crippen LogP contribution in [0.1, 0.15) is 90.4 Å². The zero-order valence-electron chi connectivity index (χ0n) is 16.9. The molecule has 162 valence electrons. The molecule has 1 amide bonds. The van der Waals surface area contributed by atoms with Crippen LogP contribution in [-0.2, 0) is 4.79 Å². The van der Waals surface area contributed by atoms with Crippen molar-refractivity contribution >= 4 is 40.7 Å². The standard InChI is InChI=1S/C20H39Cl3N2O2/c1-2-3-4-5-6-7-8-11-14-18(26)17-25(19(27)20(21,22)23)16-13-10-9-12-15-24/h18,26H,2-17,24H2,1H3. The van der Waals surface area contributed by atoms with E-state index in [0.29, 0.717) is 19.5 Å². The summed E-state index contributed by atoms with van der Waals surface area (Å²) >= 11 is 17.3. The number of carbonyl (C=O) groups excluding carboxylic acids is 1. The van der Waals surface area contributed by atoms with Crippen LogP contribution >= 0.6 is 34.8 Å². The highest BCUT2D eigenvalue weighted by molar-refractivity contribution is 6.76. The van der Waals surface area contributed by atoms with Crippen molar-refractivity contribution in [1.29, 1.82) is 0 Å². The second kappa shape index (κ2) is 17.1. The first kappa shape index (κ1) is 27.3. The maximum absolute atomic E-state index is 12.3. The van der Waals surface area contributed by atoms with Gasteiger partial charge in [-0.1, -0.05) is 106 Å². The largest absolute Gasteiger partial charge is 0.391 e. The number of hydrogen-bond donors (Lipinski definition) is 2. The Balaban J connectivity index is 4.13. The van der Waals surface area contributed by atoms with Crippen molar-refractivity contribution in [3.05, 3.63) is 0 Å². The van der Waals surface area contributed by atoms with E-state index in [1.54, 1.807) is 0 Å². The van der Waals surface area contributed by atoms with Crippen LogP contribution in [0.4, 0.5) is 0 Å². The average molecular weight is 446 g/mol. The molecule has 27 heavy (non-hydrogen) atoms. The number of nitrogens with two attached hydrogens (primary N) is 1. The van der Waals surface area contributed by atoms with E-state index < -0.39 is 15.8 Å². The van der Waals surface area contributed by atoms with Crippen LogP contribution in [0, 0.1) is 0 Å². The number of unbranched alkanes of at least 4 members (excludes halogenated alkanes) is 10. The van der Waals surface area contributed by atoms with Gasteiger partial charge in [0.05, 0.1) is 6.10 Å². The Bertz CT molecular complexity index is 366. The third-order valence-corrected chi connectivity index (χ3v) is 5.22. The third kappa shape index (κ3) is 15.8. The number of amides is 1. The first-order chi connectivity index (χ1) is 12.8. The number of aliphatic hydroxyl groups is 1. The van der Waals surface area contributed by atoms with E-state index in [-0.39, 0.29) is 6.54 Å². The fourth-order valence-electron chi connectivity index (χ4n) is 3.12. The summed E-state index contributed by atoms with van der Waals surface area (Å²) in [7, 11) is 0. The Labute approximate surface area is 181 Å². The SMILES string of the molecule is CCCCCCCCCCC(O)CN(CCCCCCN)C(=O)C(Cl)(Cl)Cl. The van der Waals surface area contributed by atoms with E-state index in [1.807, 2.05) is 0 Å². The number of hydrogen-bond acceptors (Lipinski definition) is 3.